The molecule has 0 saturated heterocycles. The molecule has 1 aromatic heterocycles. The zero-order valence-electron chi connectivity index (χ0n) is 20.5. The first kappa shape index (κ1) is 22.2. The molecule has 3 aromatic carbocycles. The van der Waals surface area contributed by atoms with E-state index in [-0.39, 0.29) is 23.2 Å². The van der Waals surface area contributed by atoms with Gasteiger partial charge in [-0.2, -0.15) is 10.4 Å². The first-order chi connectivity index (χ1) is 17.5. The summed E-state index contributed by atoms with van der Waals surface area (Å²) in [5.41, 5.74) is 7.40. The van der Waals surface area contributed by atoms with Crippen LogP contribution in [0, 0.1) is 23.2 Å². The van der Waals surface area contributed by atoms with Crippen LogP contribution in [0.5, 0.6) is 0 Å². The maximum atomic E-state index is 12.9. The van der Waals surface area contributed by atoms with Gasteiger partial charge >= 0.3 is 0 Å². The molecule has 0 amide bonds. The SMILES string of the molecule is C[C@H]1C(=O)C(C#N)=C[C@@]2(C)c3c(c(-c4ccccc4)nn3-c3cccc(-c4ccccc4)c3)CC[C@H]12. The summed E-state index contributed by atoms with van der Waals surface area (Å²) in [5, 5.41) is 15.0. The highest BCUT2D eigenvalue weighted by Gasteiger charge is 2.50. The molecule has 0 fully saturated rings. The van der Waals surface area contributed by atoms with Gasteiger partial charge < -0.3 is 0 Å². The summed E-state index contributed by atoms with van der Waals surface area (Å²) >= 11 is 0. The summed E-state index contributed by atoms with van der Waals surface area (Å²) in [6.07, 6.45) is 3.67. The van der Waals surface area contributed by atoms with Crippen molar-refractivity contribution in [2.45, 2.75) is 32.1 Å². The number of benzene rings is 3. The Balaban J connectivity index is 1.62. The lowest BCUT2D eigenvalue weighted by Gasteiger charge is -2.45. The summed E-state index contributed by atoms with van der Waals surface area (Å²) in [5.74, 6) is -0.128. The average molecular weight is 470 g/mol. The Bertz CT molecular complexity index is 1540. The lowest BCUT2D eigenvalue weighted by molar-refractivity contribution is -0.121. The van der Waals surface area contributed by atoms with Gasteiger partial charge in [0, 0.05) is 22.5 Å². The number of carbonyl (C=O) groups excluding carboxylic acids is 1. The third-order valence-electron chi connectivity index (χ3n) is 8.06. The van der Waals surface area contributed by atoms with E-state index < -0.39 is 5.41 Å². The van der Waals surface area contributed by atoms with E-state index in [0.717, 1.165) is 46.6 Å². The molecule has 0 saturated carbocycles. The molecule has 0 spiro atoms. The number of hydrogen-bond donors (Lipinski definition) is 0. The van der Waals surface area contributed by atoms with E-state index in [0.29, 0.717) is 0 Å². The van der Waals surface area contributed by atoms with Crippen molar-refractivity contribution in [1.29, 1.82) is 5.26 Å². The average Bonchev–Trinajstić information content (AvgIpc) is 3.33. The highest BCUT2D eigenvalue weighted by molar-refractivity contribution is 6.02. The van der Waals surface area contributed by atoms with Crippen molar-refractivity contribution in [2.24, 2.45) is 11.8 Å². The van der Waals surface area contributed by atoms with Gasteiger partial charge in [-0.3, -0.25) is 4.79 Å². The second-order valence-electron chi connectivity index (χ2n) is 10.1. The molecule has 4 aromatic rings. The van der Waals surface area contributed by atoms with Crippen LogP contribution in [-0.2, 0) is 16.6 Å². The lowest BCUT2D eigenvalue weighted by atomic mass is 9.57. The number of ketones is 1. The smallest absolute Gasteiger partial charge is 0.176 e. The zero-order valence-corrected chi connectivity index (χ0v) is 20.5. The lowest BCUT2D eigenvalue weighted by Crippen LogP contribution is -2.46. The Morgan fingerprint density at radius 2 is 1.61 bits per heavy atom. The van der Waals surface area contributed by atoms with Crippen molar-refractivity contribution in [3.05, 3.63) is 108 Å². The first-order valence-corrected chi connectivity index (χ1v) is 12.5. The summed E-state index contributed by atoms with van der Waals surface area (Å²) in [6.45, 7) is 4.17. The van der Waals surface area contributed by atoms with Gasteiger partial charge in [0.1, 0.15) is 6.07 Å². The van der Waals surface area contributed by atoms with Crippen LogP contribution in [-0.4, -0.2) is 15.6 Å². The van der Waals surface area contributed by atoms with Gasteiger partial charge in [0.2, 0.25) is 0 Å². The van der Waals surface area contributed by atoms with Crippen LogP contribution >= 0.6 is 0 Å². The number of rotatable bonds is 3. The van der Waals surface area contributed by atoms with Crippen LogP contribution < -0.4 is 0 Å². The minimum atomic E-state index is -0.477. The van der Waals surface area contributed by atoms with E-state index in [2.05, 4.69) is 66.2 Å². The minimum absolute atomic E-state index is 0.0381. The summed E-state index contributed by atoms with van der Waals surface area (Å²) in [4.78, 5) is 12.9. The summed E-state index contributed by atoms with van der Waals surface area (Å²) in [7, 11) is 0. The Kier molecular flexibility index (Phi) is 5.23. The van der Waals surface area contributed by atoms with Crippen LogP contribution in [0.3, 0.4) is 0 Å². The highest BCUT2D eigenvalue weighted by atomic mass is 16.1. The predicted molar refractivity (Wildman–Crippen MR) is 141 cm³/mol. The number of fused-ring (bicyclic) bond motifs is 3. The van der Waals surface area contributed by atoms with Crippen LogP contribution in [0.4, 0.5) is 0 Å². The Hall–Kier alpha value is -4.23. The first-order valence-electron chi connectivity index (χ1n) is 12.5. The molecular formula is C32H27N3O. The van der Waals surface area contributed by atoms with Crippen molar-refractivity contribution in [3.63, 3.8) is 0 Å². The van der Waals surface area contributed by atoms with E-state index in [1.54, 1.807) is 0 Å². The van der Waals surface area contributed by atoms with Crippen molar-refractivity contribution >= 4 is 5.78 Å². The summed E-state index contributed by atoms with van der Waals surface area (Å²) < 4.78 is 2.07. The number of allylic oxidation sites excluding steroid dienone is 2. The van der Waals surface area contributed by atoms with Gasteiger partial charge in [-0.1, -0.05) is 92.7 Å². The number of Topliss-reactive ketones (excluding diaryl/α,β-unsaturated/α-hetero) is 1. The molecule has 0 aliphatic heterocycles. The monoisotopic (exact) mass is 469 g/mol. The molecule has 0 N–H and O–H groups in total. The van der Waals surface area contributed by atoms with E-state index in [1.807, 2.05) is 49.4 Å². The van der Waals surface area contributed by atoms with Crippen LogP contribution in [0.2, 0.25) is 0 Å². The number of nitrogens with zero attached hydrogens (tertiary/aromatic N) is 3. The van der Waals surface area contributed by atoms with Crippen molar-refractivity contribution < 1.29 is 4.79 Å². The second-order valence-corrected chi connectivity index (χ2v) is 10.1. The van der Waals surface area contributed by atoms with Gasteiger partial charge in [0.15, 0.2) is 5.78 Å². The third-order valence-corrected chi connectivity index (χ3v) is 8.06. The molecule has 0 bridgehead atoms. The van der Waals surface area contributed by atoms with E-state index in [9.17, 15) is 10.1 Å². The largest absolute Gasteiger partial charge is 0.293 e. The molecule has 176 valence electrons. The van der Waals surface area contributed by atoms with Gasteiger partial charge in [-0.25, -0.2) is 4.68 Å². The van der Waals surface area contributed by atoms with Gasteiger partial charge in [-0.05, 0) is 42.0 Å². The highest BCUT2D eigenvalue weighted by Crippen LogP contribution is 2.52. The van der Waals surface area contributed by atoms with E-state index >= 15 is 0 Å². The van der Waals surface area contributed by atoms with Crippen molar-refractivity contribution in [2.75, 3.05) is 0 Å². The second kappa shape index (κ2) is 8.46. The van der Waals surface area contributed by atoms with Gasteiger partial charge in [0.05, 0.1) is 22.6 Å². The fourth-order valence-electron chi connectivity index (χ4n) is 6.31. The van der Waals surface area contributed by atoms with Gasteiger partial charge in [0.25, 0.3) is 0 Å². The quantitative estimate of drug-likeness (QED) is 0.336. The molecule has 2 aliphatic carbocycles. The van der Waals surface area contributed by atoms with Crippen molar-refractivity contribution in [3.8, 4) is 34.1 Å². The molecular weight excluding hydrogens is 442 g/mol. The Morgan fingerprint density at radius 3 is 2.31 bits per heavy atom. The minimum Gasteiger partial charge on any atom is -0.293 e. The number of aromatic nitrogens is 2. The van der Waals surface area contributed by atoms with E-state index in [4.69, 9.17) is 5.10 Å². The molecule has 1 heterocycles. The normalized spacial score (nSPS) is 22.8. The van der Waals surface area contributed by atoms with Crippen LogP contribution in [0.1, 0.15) is 31.5 Å². The standard InChI is InChI=1S/C32H27N3O/c1-21-28-17-16-27-29(23-12-7-4-8-13-23)34-35(31(27)32(28,2)19-25(20-33)30(21)36)26-15-9-14-24(18-26)22-10-5-3-6-11-22/h3-15,18-19,21,28H,16-17H2,1-2H3/t21-,28-,32-/m1/s1. The molecule has 36 heavy (non-hydrogen) atoms. The van der Waals surface area contributed by atoms with Crippen molar-refractivity contribution in [1.82, 2.24) is 9.78 Å². The molecule has 3 atom stereocenters. The Morgan fingerprint density at radius 1 is 0.944 bits per heavy atom. The van der Waals surface area contributed by atoms with Crippen LogP contribution in [0.25, 0.3) is 28.1 Å². The molecule has 0 unspecified atom stereocenters. The maximum absolute atomic E-state index is 12.9. The molecule has 2 aliphatic rings. The topological polar surface area (TPSA) is 58.7 Å². The number of hydrogen-bond acceptors (Lipinski definition) is 3. The van der Waals surface area contributed by atoms with E-state index in [1.165, 1.54) is 5.56 Å². The number of carbonyl (C=O) groups is 1. The number of nitriles is 1. The molecule has 4 nitrogen and oxygen atoms in total. The maximum Gasteiger partial charge on any atom is 0.176 e. The third kappa shape index (κ3) is 3.35. The molecule has 6 rings (SSSR count). The summed E-state index contributed by atoms with van der Waals surface area (Å²) in [6, 6.07) is 31.3. The molecule has 0 radical (unpaired) electrons. The predicted octanol–water partition coefficient (Wildman–Crippen LogP) is 6.70. The zero-order chi connectivity index (χ0) is 24.9. The molecule has 4 heteroatoms. The van der Waals surface area contributed by atoms with Gasteiger partial charge in [-0.15, -0.1) is 0 Å². The Labute approximate surface area is 211 Å². The fourth-order valence-corrected chi connectivity index (χ4v) is 6.31. The fraction of sp³-hybridized carbons (Fsp3) is 0.219. The van der Waals surface area contributed by atoms with Crippen LogP contribution in [0.15, 0.2) is 96.6 Å².